The first-order valence-corrected chi connectivity index (χ1v) is 6.06. The molecular weight excluding hydrogens is 186 g/mol. The third kappa shape index (κ3) is 6.69. The van der Waals surface area contributed by atoms with Crippen molar-refractivity contribution in [3.8, 4) is 0 Å². The van der Waals surface area contributed by atoms with Crippen molar-refractivity contribution in [2.24, 2.45) is 0 Å². The van der Waals surface area contributed by atoms with Gasteiger partial charge in [0, 0.05) is 13.2 Å². The number of methoxy groups -OCH3 is 1. The fourth-order valence-electron chi connectivity index (χ4n) is 1.81. The Kier molecular flexibility index (Phi) is 8.73. The molecule has 0 aromatic carbocycles. The number of nitrogens with one attached hydrogen (secondary N) is 1. The van der Waals surface area contributed by atoms with Gasteiger partial charge in [-0.1, -0.05) is 25.8 Å². The Morgan fingerprint density at radius 1 is 1.33 bits per heavy atom. The van der Waals surface area contributed by atoms with Crippen molar-refractivity contribution in [1.82, 2.24) is 5.32 Å². The van der Waals surface area contributed by atoms with E-state index in [1.807, 2.05) is 0 Å². The molecule has 0 heterocycles. The van der Waals surface area contributed by atoms with Gasteiger partial charge >= 0.3 is 0 Å². The van der Waals surface area contributed by atoms with Crippen LogP contribution in [0, 0.1) is 0 Å². The lowest BCUT2D eigenvalue weighted by Crippen LogP contribution is -2.41. The molecule has 0 bridgehead atoms. The molecule has 0 fully saturated rings. The highest BCUT2D eigenvalue weighted by atomic mass is 16.5. The van der Waals surface area contributed by atoms with Gasteiger partial charge in [-0.05, 0) is 32.7 Å². The van der Waals surface area contributed by atoms with Gasteiger partial charge in [0.05, 0.1) is 6.10 Å². The minimum atomic E-state index is 0.318. The van der Waals surface area contributed by atoms with Crippen molar-refractivity contribution in [3.05, 3.63) is 12.2 Å². The molecule has 0 aromatic rings. The molecule has 0 aliphatic heterocycles. The molecule has 2 atom stereocenters. The summed E-state index contributed by atoms with van der Waals surface area (Å²) in [5.41, 5.74) is 1.22. The smallest absolute Gasteiger partial charge is 0.0727 e. The van der Waals surface area contributed by atoms with Crippen molar-refractivity contribution >= 4 is 0 Å². The average Bonchev–Trinajstić information content (AvgIpc) is 2.20. The number of hydrogen-bond acceptors (Lipinski definition) is 2. The van der Waals surface area contributed by atoms with Gasteiger partial charge in [0.15, 0.2) is 0 Å². The van der Waals surface area contributed by atoms with Gasteiger partial charge in [-0.25, -0.2) is 0 Å². The zero-order valence-electron chi connectivity index (χ0n) is 10.8. The van der Waals surface area contributed by atoms with Crippen LogP contribution in [0.4, 0.5) is 0 Å². The molecule has 2 unspecified atom stereocenters. The van der Waals surface area contributed by atoms with Crippen molar-refractivity contribution in [2.75, 3.05) is 13.7 Å². The SMILES string of the molecule is C=C(C)CC(NCCC)C(CCC)OC. The van der Waals surface area contributed by atoms with E-state index in [2.05, 4.69) is 32.7 Å². The fourth-order valence-corrected chi connectivity index (χ4v) is 1.81. The summed E-state index contributed by atoms with van der Waals surface area (Å²) in [6.07, 6.45) is 4.77. The Bertz CT molecular complexity index is 168. The van der Waals surface area contributed by atoms with Gasteiger partial charge in [0.2, 0.25) is 0 Å². The monoisotopic (exact) mass is 213 g/mol. The van der Waals surface area contributed by atoms with Crippen LogP contribution in [-0.2, 0) is 4.74 Å². The first-order valence-electron chi connectivity index (χ1n) is 6.06. The van der Waals surface area contributed by atoms with Crippen LogP contribution < -0.4 is 5.32 Å². The predicted molar refractivity (Wildman–Crippen MR) is 67.2 cm³/mol. The highest BCUT2D eigenvalue weighted by Gasteiger charge is 2.19. The van der Waals surface area contributed by atoms with E-state index in [-0.39, 0.29) is 0 Å². The van der Waals surface area contributed by atoms with Crippen LogP contribution in [0.3, 0.4) is 0 Å². The molecule has 0 radical (unpaired) electrons. The molecule has 0 aliphatic rings. The fraction of sp³-hybridized carbons (Fsp3) is 0.846. The normalized spacial score (nSPS) is 14.9. The number of ether oxygens (including phenoxy) is 1. The summed E-state index contributed by atoms with van der Waals surface area (Å²) >= 11 is 0. The standard InChI is InChI=1S/C13H27NO/c1-6-8-13(15-5)12(10-11(3)4)14-9-7-2/h12-14H,3,6-10H2,1-2,4-5H3. The molecule has 0 aliphatic carbocycles. The van der Waals surface area contributed by atoms with E-state index < -0.39 is 0 Å². The van der Waals surface area contributed by atoms with Gasteiger partial charge < -0.3 is 10.1 Å². The molecule has 1 N–H and O–H groups in total. The van der Waals surface area contributed by atoms with Gasteiger partial charge in [0.25, 0.3) is 0 Å². The van der Waals surface area contributed by atoms with Crippen molar-refractivity contribution in [1.29, 1.82) is 0 Å². The minimum absolute atomic E-state index is 0.318. The zero-order chi connectivity index (χ0) is 11.7. The lowest BCUT2D eigenvalue weighted by Gasteiger charge is -2.27. The van der Waals surface area contributed by atoms with Crippen LogP contribution in [0.1, 0.15) is 46.5 Å². The third-order valence-corrected chi connectivity index (χ3v) is 2.55. The largest absolute Gasteiger partial charge is 0.380 e. The summed E-state index contributed by atoms with van der Waals surface area (Å²) in [6.45, 7) is 11.5. The van der Waals surface area contributed by atoms with Crippen molar-refractivity contribution in [3.63, 3.8) is 0 Å². The first-order chi connectivity index (χ1) is 7.15. The van der Waals surface area contributed by atoms with E-state index in [0.717, 1.165) is 25.8 Å². The maximum absolute atomic E-state index is 5.55. The van der Waals surface area contributed by atoms with Crippen LogP contribution >= 0.6 is 0 Å². The molecule has 0 amide bonds. The van der Waals surface area contributed by atoms with E-state index in [9.17, 15) is 0 Å². The van der Waals surface area contributed by atoms with E-state index >= 15 is 0 Å². The summed E-state index contributed by atoms with van der Waals surface area (Å²) in [5.74, 6) is 0. The molecule has 0 rings (SSSR count). The lowest BCUT2D eigenvalue weighted by molar-refractivity contribution is 0.0609. The Hall–Kier alpha value is -0.340. The van der Waals surface area contributed by atoms with Crippen LogP contribution in [0.5, 0.6) is 0 Å². The van der Waals surface area contributed by atoms with Crippen LogP contribution in [0.15, 0.2) is 12.2 Å². The highest BCUT2D eigenvalue weighted by molar-refractivity contribution is 4.95. The van der Waals surface area contributed by atoms with Crippen molar-refractivity contribution < 1.29 is 4.74 Å². The number of rotatable bonds is 9. The van der Waals surface area contributed by atoms with Crippen LogP contribution in [0.2, 0.25) is 0 Å². The van der Waals surface area contributed by atoms with E-state index in [1.54, 1.807) is 7.11 Å². The molecular formula is C13H27NO. The Labute approximate surface area is 95.1 Å². The second kappa shape index (κ2) is 8.93. The quantitative estimate of drug-likeness (QED) is 0.594. The van der Waals surface area contributed by atoms with E-state index in [0.29, 0.717) is 12.1 Å². The highest BCUT2D eigenvalue weighted by Crippen LogP contribution is 2.13. The molecule has 2 nitrogen and oxygen atoms in total. The van der Waals surface area contributed by atoms with Gasteiger partial charge in [-0.15, -0.1) is 6.58 Å². The second-order valence-corrected chi connectivity index (χ2v) is 4.28. The average molecular weight is 213 g/mol. The molecule has 15 heavy (non-hydrogen) atoms. The minimum Gasteiger partial charge on any atom is -0.380 e. The molecule has 0 saturated carbocycles. The van der Waals surface area contributed by atoms with Gasteiger partial charge in [-0.3, -0.25) is 0 Å². The Balaban J connectivity index is 4.21. The molecule has 0 aromatic heterocycles. The van der Waals surface area contributed by atoms with E-state index in [4.69, 9.17) is 4.74 Å². The topological polar surface area (TPSA) is 21.3 Å². The van der Waals surface area contributed by atoms with Crippen molar-refractivity contribution in [2.45, 2.75) is 58.6 Å². The maximum Gasteiger partial charge on any atom is 0.0727 e. The van der Waals surface area contributed by atoms with Crippen LogP contribution in [-0.4, -0.2) is 25.8 Å². The summed E-state index contributed by atoms with van der Waals surface area (Å²) in [5, 5.41) is 3.55. The lowest BCUT2D eigenvalue weighted by atomic mass is 9.99. The summed E-state index contributed by atoms with van der Waals surface area (Å²) in [4.78, 5) is 0. The molecule has 2 heteroatoms. The van der Waals surface area contributed by atoms with E-state index in [1.165, 1.54) is 12.0 Å². The zero-order valence-corrected chi connectivity index (χ0v) is 10.8. The summed E-state index contributed by atoms with van der Waals surface area (Å²) < 4.78 is 5.55. The third-order valence-electron chi connectivity index (χ3n) is 2.55. The van der Waals surface area contributed by atoms with Gasteiger partial charge in [-0.2, -0.15) is 0 Å². The van der Waals surface area contributed by atoms with Crippen LogP contribution in [0.25, 0.3) is 0 Å². The number of hydrogen-bond donors (Lipinski definition) is 1. The van der Waals surface area contributed by atoms with Gasteiger partial charge in [0.1, 0.15) is 0 Å². The maximum atomic E-state index is 5.55. The Morgan fingerprint density at radius 2 is 2.00 bits per heavy atom. The molecule has 90 valence electrons. The Morgan fingerprint density at radius 3 is 2.40 bits per heavy atom. The first kappa shape index (κ1) is 14.7. The predicted octanol–water partition coefficient (Wildman–Crippen LogP) is 3.14. The summed E-state index contributed by atoms with van der Waals surface area (Å²) in [6, 6.07) is 0.424. The summed E-state index contributed by atoms with van der Waals surface area (Å²) in [7, 11) is 1.80. The second-order valence-electron chi connectivity index (χ2n) is 4.28. The molecule has 0 saturated heterocycles. The molecule has 0 spiro atoms.